The summed E-state index contributed by atoms with van der Waals surface area (Å²) in [5.74, 6) is 0. The summed E-state index contributed by atoms with van der Waals surface area (Å²) in [6.45, 7) is 0. The van der Waals surface area contributed by atoms with Crippen molar-refractivity contribution in [1.29, 1.82) is 0 Å². The Kier molecular flexibility index (Phi) is 1.07. The molecule has 0 aliphatic heterocycles. The number of fused-ring (bicyclic) bond motifs is 1. The van der Waals surface area contributed by atoms with E-state index in [4.69, 9.17) is 0 Å². The van der Waals surface area contributed by atoms with Crippen molar-refractivity contribution in [3.05, 3.63) is 31.0 Å². The van der Waals surface area contributed by atoms with Gasteiger partial charge in [0.1, 0.15) is 0 Å². The highest BCUT2D eigenvalue weighted by molar-refractivity contribution is 5.74. The second kappa shape index (κ2) is 2.02. The van der Waals surface area contributed by atoms with E-state index < -0.39 is 0 Å². The zero-order valence-corrected chi connectivity index (χ0v) is 5.28. The normalized spacial score (nSPS) is 10.0. The van der Waals surface area contributed by atoms with Crippen LogP contribution in [0.5, 0.6) is 0 Å². The predicted octanol–water partition coefficient (Wildman–Crippen LogP) is 0.444. The standard InChI is InChI=1S/C7H5N3/c1-2-8-4-7-6(1)3-9-5-10-7/h1-5H/p+1. The Morgan fingerprint density at radius 1 is 1.40 bits per heavy atom. The third kappa shape index (κ3) is 0.719. The third-order valence-corrected chi connectivity index (χ3v) is 1.35. The fourth-order valence-electron chi connectivity index (χ4n) is 0.861. The highest BCUT2D eigenvalue weighted by atomic mass is 14.8. The first-order chi connectivity index (χ1) is 4.97. The molecule has 3 heteroatoms. The van der Waals surface area contributed by atoms with Crippen LogP contribution in [0.1, 0.15) is 0 Å². The first kappa shape index (κ1) is 5.29. The number of pyridine rings is 1. The molecule has 2 aromatic rings. The molecule has 0 saturated carbocycles. The van der Waals surface area contributed by atoms with Gasteiger partial charge in [0.25, 0.3) is 6.33 Å². The number of hydrogen-bond acceptors (Lipinski definition) is 2. The summed E-state index contributed by atoms with van der Waals surface area (Å²) in [5, 5.41) is 1.08. The van der Waals surface area contributed by atoms with Crippen LogP contribution < -0.4 is 4.98 Å². The second-order valence-electron chi connectivity index (χ2n) is 2.00. The molecular formula is C7H6N3+. The molecule has 1 N–H and O–H groups in total. The Morgan fingerprint density at radius 2 is 2.40 bits per heavy atom. The van der Waals surface area contributed by atoms with Crippen molar-refractivity contribution in [2.75, 3.05) is 0 Å². The summed E-state index contributed by atoms with van der Waals surface area (Å²) >= 11 is 0. The lowest BCUT2D eigenvalue weighted by Crippen LogP contribution is -2.00. The fourth-order valence-corrected chi connectivity index (χ4v) is 0.861. The summed E-state index contributed by atoms with van der Waals surface area (Å²) in [5.41, 5.74) is 0.918. The molecule has 0 spiro atoms. The third-order valence-electron chi connectivity index (χ3n) is 1.35. The zero-order valence-electron chi connectivity index (χ0n) is 5.28. The number of aromatic amines is 1. The maximum absolute atomic E-state index is 4.06. The molecular weight excluding hydrogens is 126 g/mol. The average molecular weight is 132 g/mol. The molecule has 0 atom stereocenters. The number of nitrogens with one attached hydrogen (secondary N) is 1. The average Bonchev–Trinajstić information content (AvgIpc) is 2.05. The Bertz CT molecular complexity index is 280. The van der Waals surface area contributed by atoms with Gasteiger partial charge in [0.15, 0.2) is 0 Å². The number of aromatic nitrogens is 3. The highest BCUT2D eigenvalue weighted by Crippen LogP contribution is 2.02. The van der Waals surface area contributed by atoms with E-state index in [1.165, 1.54) is 0 Å². The lowest BCUT2D eigenvalue weighted by Gasteiger charge is -1.83. The van der Waals surface area contributed by atoms with Gasteiger partial charge in [-0.25, -0.2) is 4.98 Å². The molecule has 0 unspecified atom stereocenters. The van der Waals surface area contributed by atoms with Crippen molar-refractivity contribution in [3.8, 4) is 0 Å². The minimum absolute atomic E-state index is 0.918. The van der Waals surface area contributed by atoms with E-state index in [0.717, 1.165) is 10.9 Å². The van der Waals surface area contributed by atoms with E-state index in [1.807, 2.05) is 12.3 Å². The van der Waals surface area contributed by atoms with Gasteiger partial charge in [0, 0.05) is 6.20 Å². The summed E-state index contributed by atoms with van der Waals surface area (Å²) < 4.78 is 0. The quantitative estimate of drug-likeness (QED) is 0.522. The first-order valence-electron chi connectivity index (χ1n) is 3.02. The van der Waals surface area contributed by atoms with Crippen molar-refractivity contribution < 1.29 is 4.98 Å². The number of H-pyrrole nitrogens is 1. The van der Waals surface area contributed by atoms with Gasteiger partial charge < -0.3 is 0 Å². The van der Waals surface area contributed by atoms with Crippen molar-refractivity contribution in [2.24, 2.45) is 0 Å². The van der Waals surface area contributed by atoms with E-state index in [0.29, 0.717) is 0 Å². The van der Waals surface area contributed by atoms with E-state index in [-0.39, 0.29) is 0 Å². The molecule has 2 heterocycles. The number of rotatable bonds is 0. The molecule has 48 valence electrons. The molecule has 2 rings (SSSR count). The molecule has 3 nitrogen and oxygen atoms in total. The van der Waals surface area contributed by atoms with Gasteiger partial charge in [-0.2, -0.15) is 0 Å². The van der Waals surface area contributed by atoms with Crippen molar-refractivity contribution >= 4 is 10.9 Å². The Balaban J connectivity index is 2.89. The maximum atomic E-state index is 4.06. The monoisotopic (exact) mass is 132 g/mol. The SMILES string of the molecule is c1cc2c[nH+]cnc2cn1. The van der Waals surface area contributed by atoms with Crippen LogP contribution in [-0.4, -0.2) is 9.97 Å². The molecule has 0 aliphatic carbocycles. The smallest absolute Gasteiger partial charge is 0.260 e. The predicted molar refractivity (Wildman–Crippen MR) is 36.1 cm³/mol. The second-order valence-corrected chi connectivity index (χ2v) is 2.00. The minimum atomic E-state index is 0.918. The van der Waals surface area contributed by atoms with E-state index in [1.54, 1.807) is 18.7 Å². The van der Waals surface area contributed by atoms with Gasteiger partial charge in [-0.1, -0.05) is 0 Å². The van der Waals surface area contributed by atoms with Crippen LogP contribution in [-0.2, 0) is 0 Å². The van der Waals surface area contributed by atoms with E-state index >= 15 is 0 Å². The van der Waals surface area contributed by atoms with Gasteiger partial charge in [0.2, 0.25) is 5.52 Å². The molecule has 0 aromatic carbocycles. The van der Waals surface area contributed by atoms with Crippen LogP contribution >= 0.6 is 0 Å². The largest absolute Gasteiger partial charge is 0.284 e. The van der Waals surface area contributed by atoms with Gasteiger partial charge in [-0.05, 0) is 11.1 Å². The Labute approximate surface area is 57.8 Å². The number of nitrogens with zero attached hydrogens (tertiary/aromatic N) is 2. The summed E-state index contributed by atoms with van der Waals surface area (Å²) in [6.07, 6.45) is 7.02. The molecule has 10 heavy (non-hydrogen) atoms. The maximum Gasteiger partial charge on any atom is 0.284 e. The molecule has 2 aromatic heterocycles. The summed E-state index contributed by atoms with van der Waals surface area (Å²) in [4.78, 5) is 10.9. The lowest BCUT2D eigenvalue weighted by molar-refractivity contribution is -0.380. The van der Waals surface area contributed by atoms with E-state index in [9.17, 15) is 0 Å². The number of hydrogen-bond donors (Lipinski definition) is 0. The van der Waals surface area contributed by atoms with Crippen LogP contribution in [0.2, 0.25) is 0 Å². The van der Waals surface area contributed by atoms with Gasteiger partial charge in [-0.3, -0.25) is 4.98 Å². The van der Waals surface area contributed by atoms with Gasteiger partial charge in [-0.15, -0.1) is 0 Å². The highest BCUT2D eigenvalue weighted by Gasteiger charge is 1.95. The first-order valence-corrected chi connectivity index (χ1v) is 3.02. The molecule has 0 bridgehead atoms. The van der Waals surface area contributed by atoms with Gasteiger partial charge >= 0.3 is 0 Å². The van der Waals surface area contributed by atoms with E-state index in [2.05, 4.69) is 15.0 Å². The lowest BCUT2D eigenvalue weighted by atomic mass is 10.3. The molecule has 0 aliphatic rings. The molecule has 0 radical (unpaired) electrons. The molecule has 0 amide bonds. The van der Waals surface area contributed by atoms with Crippen LogP contribution in [0.3, 0.4) is 0 Å². The van der Waals surface area contributed by atoms with Crippen molar-refractivity contribution in [3.63, 3.8) is 0 Å². The fraction of sp³-hybridized carbons (Fsp3) is 0. The Morgan fingerprint density at radius 3 is 3.30 bits per heavy atom. The minimum Gasteiger partial charge on any atom is -0.260 e. The van der Waals surface area contributed by atoms with Crippen LogP contribution in [0.4, 0.5) is 0 Å². The molecule has 0 saturated heterocycles. The van der Waals surface area contributed by atoms with Crippen LogP contribution in [0.25, 0.3) is 10.9 Å². The molecule has 0 fully saturated rings. The summed E-state index contributed by atoms with van der Waals surface area (Å²) in [7, 11) is 0. The van der Waals surface area contributed by atoms with Crippen LogP contribution in [0.15, 0.2) is 31.0 Å². The topological polar surface area (TPSA) is 39.9 Å². The summed E-state index contributed by atoms with van der Waals surface area (Å²) in [6, 6.07) is 1.92. The zero-order chi connectivity index (χ0) is 6.81. The van der Waals surface area contributed by atoms with Crippen molar-refractivity contribution in [2.45, 2.75) is 0 Å². The van der Waals surface area contributed by atoms with Gasteiger partial charge in [0.05, 0.1) is 17.8 Å². The van der Waals surface area contributed by atoms with Crippen LogP contribution in [0, 0.1) is 0 Å². The Hall–Kier alpha value is -1.51. The van der Waals surface area contributed by atoms with Crippen molar-refractivity contribution in [1.82, 2.24) is 9.97 Å².